The van der Waals surface area contributed by atoms with Crippen molar-refractivity contribution in [3.05, 3.63) is 0 Å². The highest BCUT2D eigenvalue weighted by Gasteiger charge is 2.05. The molecule has 0 aromatic rings. The van der Waals surface area contributed by atoms with Crippen LogP contribution in [0.3, 0.4) is 0 Å². The van der Waals surface area contributed by atoms with Crippen molar-refractivity contribution < 1.29 is 0 Å². The van der Waals surface area contributed by atoms with Gasteiger partial charge in [0.25, 0.3) is 0 Å². The Morgan fingerprint density at radius 1 is 0.643 bits per heavy atom. The van der Waals surface area contributed by atoms with Crippen LogP contribution in [0.4, 0.5) is 0 Å². The first kappa shape index (κ1) is 13.6. The van der Waals surface area contributed by atoms with Gasteiger partial charge in [-0.3, -0.25) is 0 Å². The fourth-order valence-electron chi connectivity index (χ4n) is 1.69. The third-order valence-corrected chi connectivity index (χ3v) is 2.09. The molecule has 0 fully saturated rings. The molecule has 2 atom stereocenters. The zero-order chi connectivity index (χ0) is 11.1. The normalized spacial score (nSPS) is 16.9. The Balaban J connectivity index is 3.78. The molecule has 0 rings (SSSR count). The third kappa shape index (κ3) is 8.21. The Kier molecular flexibility index (Phi) is 6.77. The highest BCUT2D eigenvalue weighted by atomic mass is 15.1. The second-order valence-corrected chi connectivity index (χ2v) is 5.19. The second kappa shape index (κ2) is 6.97. The molecule has 0 aliphatic carbocycles. The van der Waals surface area contributed by atoms with Crippen LogP contribution in [0.15, 0.2) is 10.2 Å². The molecule has 0 heterocycles. The van der Waals surface area contributed by atoms with Crippen molar-refractivity contribution in [2.45, 2.75) is 66.5 Å². The average molecular weight is 198 g/mol. The van der Waals surface area contributed by atoms with Crippen LogP contribution >= 0.6 is 0 Å². The largest absolute Gasteiger partial charge is 0.191 e. The summed E-state index contributed by atoms with van der Waals surface area (Å²) in [6.45, 7) is 13.2. The van der Waals surface area contributed by atoms with Gasteiger partial charge < -0.3 is 0 Å². The monoisotopic (exact) mass is 198 g/mol. The lowest BCUT2D eigenvalue weighted by Gasteiger charge is -2.11. The van der Waals surface area contributed by atoms with E-state index in [0.717, 1.165) is 12.8 Å². The van der Waals surface area contributed by atoms with Crippen LogP contribution in [0.5, 0.6) is 0 Å². The molecular formula is C12H26N2. The minimum Gasteiger partial charge on any atom is -0.191 e. The Morgan fingerprint density at radius 3 is 1.14 bits per heavy atom. The number of rotatable bonds is 6. The molecule has 0 saturated carbocycles. The zero-order valence-corrected chi connectivity index (χ0v) is 10.6. The predicted molar refractivity (Wildman–Crippen MR) is 62.7 cm³/mol. The van der Waals surface area contributed by atoms with Gasteiger partial charge in [0.1, 0.15) is 0 Å². The fourth-order valence-corrected chi connectivity index (χ4v) is 1.69. The second-order valence-electron chi connectivity index (χ2n) is 5.19. The quantitative estimate of drug-likeness (QED) is 0.568. The summed E-state index contributed by atoms with van der Waals surface area (Å²) < 4.78 is 0. The minimum absolute atomic E-state index is 0.379. The SMILES string of the molecule is CC(C)CC(C)N=NC(C)CC(C)C. The van der Waals surface area contributed by atoms with E-state index in [-0.39, 0.29) is 0 Å². The van der Waals surface area contributed by atoms with Crippen molar-refractivity contribution >= 4 is 0 Å². The molecule has 0 aliphatic rings. The van der Waals surface area contributed by atoms with Crippen molar-refractivity contribution in [3.63, 3.8) is 0 Å². The topological polar surface area (TPSA) is 24.7 Å². The molecule has 0 saturated heterocycles. The maximum absolute atomic E-state index is 4.34. The number of nitrogens with zero attached hydrogens (tertiary/aromatic N) is 2. The van der Waals surface area contributed by atoms with E-state index in [1.54, 1.807) is 0 Å². The average Bonchev–Trinajstić information content (AvgIpc) is 1.98. The number of hydrogen-bond acceptors (Lipinski definition) is 2. The summed E-state index contributed by atoms with van der Waals surface area (Å²) in [6.07, 6.45) is 2.27. The molecule has 2 nitrogen and oxygen atoms in total. The molecule has 0 radical (unpaired) electrons. The van der Waals surface area contributed by atoms with Crippen LogP contribution in [-0.2, 0) is 0 Å². The predicted octanol–water partition coefficient (Wildman–Crippen LogP) is 4.31. The molecule has 0 N–H and O–H groups in total. The summed E-state index contributed by atoms with van der Waals surface area (Å²) in [5.41, 5.74) is 0. The minimum atomic E-state index is 0.379. The van der Waals surface area contributed by atoms with Crippen molar-refractivity contribution in [1.29, 1.82) is 0 Å². The van der Waals surface area contributed by atoms with Gasteiger partial charge in [0.2, 0.25) is 0 Å². The molecule has 0 spiro atoms. The van der Waals surface area contributed by atoms with Gasteiger partial charge in [-0.1, -0.05) is 27.7 Å². The van der Waals surface area contributed by atoms with Crippen molar-refractivity contribution in [3.8, 4) is 0 Å². The van der Waals surface area contributed by atoms with Crippen LogP contribution in [-0.4, -0.2) is 12.1 Å². The lowest BCUT2D eigenvalue weighted by molar-refractivity contribution is 0.467. The first-order chi connectivity index (χ1) is 6.41. The Bertz CT molecular complexity index is 144. The fraction of sp³-hybridized carbons (Fsp3) is 1.00. The molecule has 0 amide bonds. The molecule has 0 aromatic heterocycles. The van der Waals surface area contributed by atoms with E-state index in [4.69, 9.17) is 0 Å². The van der Waals surface area contributed by atoms with E-state index < -0.39 is 0 Å². The summed E-state index contributed by atoms with van der Waals surface area (Å²) in [6, 6.07) is 0.759. The van der Waals surface area contributed by atoms with Gasteiger partial charge in [-0.2, -0.15) is 10.2 Å². The first-order valence-corrected chi connectivity index (χ1v) is 5.81. The van der Waals surface area contributed by atoms with E-state index in [1.807, 2.05) is 0 Å². The zero-order valence-electron chi connectivity index (χ0n) is 10.6. The van der Waals surface area contributed by atoms with E-state index >= 15 is 0 Å². The smallest absolute Gasteiger partial charge is 0.0682 e. The lowest BCUT2D eigenvalue weighted by Crippen LogP contribution is -2.06. The van der Waals surface area contributed by atoms with Crippen molar-refractivity contribution in [2.24, 2.45) is 22.1 Å². The number of hydrogen-bond donors (Lipinski definition) is 0. The van der Waals surface area contributed by atoms with Crippen LogP contribution in [0.1, 0.15) is 54.4 Å². The van der Waals surface area contributed by atoms with Crippen molar-refractivity contribution in [2.75, 3.05) is 0 Å². The van der Waals surface area contributed by atoms with E-state index in [1.165, 1.54) is 0 Å². The molecule has 0 aromatic carbocycles. The molecule has 0 bridgehead atoms. The summed E-state index contributed by atoms with van der Waals surface area (Å²) in [7, 11) is 0. The van der Waals surface area contributed by atoms with Gasteiger partial charge >= 0.3 is 0 Å². The highest BCUT2D eigenvalue weighted by molar-refractivity contribution is 4.64. The summed E-state index contributed by atoms with van der Waals surface area (Å²) in [5, 5.41) is 8.68. The molecule has 2 unspecified atom stereocenters. The van der Waals surface area contributed by atoms with Crippen LogP contribution in [0, 0.1) is 11.8 Å². The van der Waals surface area contributed by atoms with Gasteiger partial charge in [0, 0.05) is 0 Å². The summed E-state index contributed by atoms with van der Waals surface area (Å²) >= 11 is 0. The van der Waals surface area contributed by atoms with Crippen LogP contribution in [0.2, 0.25) is 0 Å². The molecular weight excluding hydrogens is 172 g/mol. The molecule has 84 valence electrons. The van der Waals surface area contributed by atoms with E-state index in [0.29, 0.717) is 23.9 Å². The third-order valence-electron chi connectivity index (χ3n) is 2.09. The highest BCUT2D eigenvalue weighted by Crippen LogP contribution is 2.11. The standard InChI is InChI=1S/C12H26N2/c1-9(2)7-11(5)13-14-12(6)8-10(3)4/h9-12H,7-8H2,1-6H3. The summed E-state index contributed by atoms with van der Waals surface area (Å²) in [5.74, 6) is 1.42. The number of azo groups is 1. The molecule has 0 aliphatic heterocycles. The summed E-state index contributed by atoms with van der Waals surface area (Å²) in [4.78, 5) is 0. The van der Waals surface area contributed by atoms with Gasteiger partial charge in [0.15, 0.2) is 0 Å². The van der Waals surface area contributed by atoms with Crippen LogP contribution < -0.4 is 0 Å². The maximum atomic E-state index is 4.34. The molecule has 14 heavy (non-hydrogen) atoms. The Hall–Kier alpha value is -0.400. The van der Waals surface area contributed by atoms with Gasteiger partial charge in [0.05, 0.1) is 12.1 Å². The lowest BCUT2D eigenvalue weighted by atomic mass is 10.1. The van der Waals surface area contributed by atoms with Crippen molar-refractivity contribution in [1.82, 2.24) is 0 Å². The van der Waals surface area contributed by atoms with Gasteiger partial charge in [-0.15, -0.1) is 0 Å². The Morgan fingerprint density at radius 2 is 0.929 bits per heavy atom. The van der Waals surface area contributed by atoms with E-state index in [9.17, 15) is 0 Å². The van der Waals surface area contributed by atoms with E-state index in [2.05, 4.69) is 51.8 Å². The van der Waals surface area contributed by atoms with Gasteiger partial charge in [-0.25, -0.2) is 0 Å². The van der Waals surface area contributed by atoms with Gasteiger partial charge in [-0.05, 0) is 38.5 Å². The van der Waals surface area contributed by atoms with Crippen LogP contribution in [0.25, 0.3) is 0 Å². The Labute approximate surface area is 89.2 Å². The molecule has 2 heteroatoms. The first-order valence-electron chi connectivity index (χ1n) is 5.81. The maximum Gasteiger partial charge on any atom is 0.0682 e.